The van der Waals surface area contributed by atoms with Gasteiger partial charge in [0.2, 0.25) is 5.91 Å². The van der Waals surface area contributed by atoms with Crippen molar-refractivity contribution in [1.29, 1.82) is 0 Å². The van der Waals surface area contributed by atoms with Crippen molar-refractivity contribution in [3.8, 4) is 0 Å². The molecule has 2 aliphatic rings. The molecular weight excluding hydrogens is 270 g/mol. The molecule has 0 aromatic carbocycles. The molecule has 1 aliphatic heterocycles. The normalized spacial score (nSPS) is 31.0. The standard InChI is InChI=1S/C16H27NO4/c1-14(2)11(15(14,3)4)12(18)17-8-6-7-16(9-17,10-21-5)13(19)20/h11H,6-10H2,1-5H3,(H,19,20). The molecule has 1 saturated heterocycles. The fourth-order valence-corrected chi connectivity index (χ4v) is 3.95. The van der Waals surface area contributed by atoms with E-state index in [1.54, 1.807) is 4.90 Å². The van der Waals surface area contributed by atoms with Crippen LogP contribution in [0.15, 0.2) is 0 Å². The largest absolute Gasteiger partial charge is 0.481 e. The fourth-order valence-electron chi connectivity index (χ4n) is 3.95. The summed E-state index contributed by atoms with van der Waals surface area (Å²) in [7, 11) is 1.51. The molecule has 0 spiro atoms. The Balaban J connectivity index is 2.15. The highest BCUT2D eigenvalue weighted by atomic mass is 16.5. The third-order valence-corrected chi connectivity index (χ3v) is 6.03. The van der Waals surface area contributed by atoms with Crippen molar-refractivity contribution in [2.45, 2.75) is 40.5 Å². The van der Waals surface area contributed by atoms with Gasteiger partial charge in [-0.15, -0.1) is 0 Å². The number of methoxy groups -OCH3 is 1. The zero-order valence-electron chi connectivity index (χ0n) is 13.7. The first-order valence-electron chi connectivity index (χ1n) is 7.61. The number of likely N-dealkylation sites (tertiary alicyclic amines) is 1. The van der Waals surface area contributed by atoms with Gasteiger partial charge < -0.3 is 14.7 Å². The van der Waals surface area contributed by atoms with Gasteiger partial charge in [-0.1, -0.05) is 27.7 Å². The Bertz CT molecular complexity index is 439. The maximum Gasteiger partial charge on any atom is 0.313 e. The van der Waals surface area contributed by atoms with Crippen LogP contribution < -0.4 is 0 Å². The molecule has 5 heteroatoms. The van der Waals surface area contributed by atoms with Crippen molar-refractivity contribution < 1.29 is 19.4 Å². The third-order valence-electron chi connectivity index (χ3n) is 6.03. The van der Waals surface area contributed by atoms with E-state index in [0.29, 0.717) is 13.0 Å². The van der Waals surface area contributed by atoms with E-state index in [4.69, 9.17) is 4.74 Å². The van der Waals surface area contributed by atoms with Gasteiger partial charge in [-0.2, -0.15) is 0 Å². The minimum Gasteiger partial charge on any atom is -0.481 e. The molecule has 0 aromatic rings. The molecule has 1 atom stereocenters. The van der Waals surface area contributed by atoms with Gasteiger partial charge in [0.05, 0.1) is 6.61 Å². The predicted molar refractivity (Wildman–Crippen MR) is 78.8 cm³/mol. The molecule has 2 fully saturated rings. The maximum atomic E-state index is 12.8. The number of rotatable bonds is 4. The zero-order valence-corrected chi connectivity index (χ0v) is 13.7. The summed E-state index contributed by atoms with van der Waals surface area (Å²) in [4.78, 5) is 26.2. The number of hydrogen-bond donors (Lipinski definition) is 1. The Morgan fingerprint density at radius 3 is 2.24 bits per heavy atom. The number of carboxylic acid groups (broad SMARTS) is 1. The summed E-state index contributed by atoms with van der Waals surface area (Å²) in [6.45, 7) is 9.51. The number of amides is 1. The Morgan fingerprint density at radius 1 is 1.24 bits per heavy atom. The highest BCUT2D eigenvalue weighted by molar-refractivity contribution is 5.85. The summed E-state index contributed by atoms with van der Waals surface area (Å²) in [5.74, 6) is -0.778. The second-order valence-electron chi connectivity index (χ2n) is 7.76. The summed E-state index contributed by atoms with van der Waals surface area (Å²) >= 11 is 0. The van der Waals surface area contributed by atoms with Gasteiger partial charge in [-0.25, -0.2) is 0 Å². The van der Waals surface area contributed by atoms with E-state index in [2.05, 4.69) is 27.7 Å². The molecule has 1 N–H and O–H groups in total. The van der Waals surface area contributed by atoms with Crippen LogP contribution in [0.3, 0.4) is 0 Å². The summed E-state index contributed by atoms with van der Waals surface area (Å²) in [6.07, 6.45) is 1.28. The van der Waals surface area contributed by atoms with Crippen LogP contribution >= 0.6 is 0 Å². The molecule has 0 bridgehead atoms. The summed E-state index contributed by atoms with van der Waals surface area (Å²) in [6, 6.07) is 0. The minimum absolute atomic E-state index is 0.0165. The number of ether oxygens (including phenoxy) is 1. The SMILES string of the molecule is COCC1(C(=O)O)CCCN(C(=O)C2C(C)(C)C2(C)C)C1. The molecule has 5 nitrogen and oxygen atoms in total. The Kier molecular flexibility index (Phi) is 3.85. The molecule has 1 aliphatic carbocycles. The lowest BCUT2D eigenvalue weighted by molar-refractivity contribution is -0.159. The van der Waals surface area contributed by atoms with Crippen LogP contribution in [0.5, 0.6) is 0 Å². The average Bonchev–Trinajstić information content (AvgIpc) is 2.79. The van der Waals surface area contributed by atoms with E-state index >= 15 is 0 Å². The molecule has 0 radical (unpaired) electrons. The number of piperidine rings is 1. The molecule has 1 amide bonds. The first kappa shape index (κ1) is 16.3. The monoisotopic (exact) mass is 297 g/mol. The second-order valence-corrected chi connectivity index (χ2v) is 7.76. The van der Waals surface area contributed by atoms with Gasteiger partial charge in [0, 0.05) is 26.1 Å². The Labute approximate surface area is 126 Å². The van der Waals surface area contributed by atoms with Crippen molar-refractivity contribution in [2.24, 2.45) is 22.2 Å². The smallest absolute Gasteiger partial charge is 0.313 e. The zero-order chi connectivity index (χ0) is 16.1. The quantitative estimate of drug-likeness (QED) is 0.862. The van der Waals surface area contributed by atoms with Crippen LogP contribution in [0.2, 0.25) is 0 Å². The number of carbonyl (C=O) groups excluding carboxylic acids is 1. The van der Waals surface area contributed by atoms with Gasteiger partial charge in [0.25, 0.3) is 0 Å². The van der Waals surface area contributed by atoms with Crippen molar-refractivity contribution in [3.05, 3.63) is 0 Å². The fraction of sp³-hybridized carbons (Fsp3) is 0.875. The van der Waals surface area contributed by atoms with E-state index in [9.17, 15) is 14.7 Å². The van der Waals surface area contributed by atoms with Crippen molar-refractivity contribution in [1.82, 2.24) is 4.90 Å². The summed E-state index contributed by atoms with van der Waals surface area (Å²) < 4.78 is 5.11. The van der Waals surface area contributed by atoms with Crippen LogP contribution in [0.4, 0.5) is 0 Å². The van der Waals surface area contributed by atoms with Crippen molar-refractivity contribution >= 4 is 11.9 Å². The van der Waals surface area contributed by atoms with E-state index in [0.717, 1.165) is 6.42 Å². The number of carboxylic acids is 1. The molecule has 0 aromatic heterocycles. The van der Waals surface area contributed by atoms with Gasteiger partial charge >= 0.3 is 5.97 Å². The van der Waals surface area contributed by atoms with Crippen LogP contribution in [-0.2, 0) is 14.3 Å². The molecule has 1 unspecified atom stereocenters. The van der Waals surface area contributed by atoms with Crippen LogP contribution in [0, 0.1) is 22.2 Å². The summed E-state index contributed by atoms with van der Waals surface area (Å²) in [5, 5.41) is 9.56. The van der Waals surface area contributed by atoms with Gasteiger partial charge in [0.15, 0.2) is 0 Å². The van der Waals surface area contributed by atoms with Crippen LogP contribution in [0.1, 0.15) is 40.5 Å². The summed E-state index contributed by atoms with van der Waals surface area (Å²) in [5.41, 5.74) is -0.991. The molecular formula is C16H27NO4. The number of aliphatic carboxylic acids is 1. The van der Waals surface area contributed by atoms with Gasteiger partial charge in [-0.05, 0) is 23.7 Å². The molecule has 120 valence electrons. The topological polar surface area (TPSA) is 66.8 Å². The van der Waals surface area contributed by atoms with Crippen molar-refractivity contribution in [2.75, 3.05) is 26.8 Å². The maximum absolute atomic E-state index is 12.8. The van der Waals surface area contributed by atoms with Gasteiger partial charge in [0.1, 0.15) is 5.41 Å². The highest BCUT2D eigenvalue weighted by Crippen LogP contribution is 2.68. The Morgan fingerprint density at radius 2 is 1.81 bits per heavy atom. The van der Waals surface area contributed by atoms with Crippen LogP contribution in [-0.4, -0.2) is 48.7 Å². The molecule has 1 saturated carbocycles. The van der Waals surface area contributed by atoms with E-state index < -0.39 is 11.4 Å². The highest BCUT2D eigenvalue weighted by Gasteiger charge is 2.69. The minimum atomic E-state index is -0.953. The predicted octanol–water partition coefficient (Wildman–Crippen LogP) is 2.01. The molecule has 21 heavy (non-hydrogen) atoms. The number of carbonyl (C=O) groups is 2. The lowest BCUT2D eigenvalue weighted by Crippen LogP contribution is -2.52. The number of hydrogen-bond acceptors (Lipinski definition) is 3. The van der Waals surface area contributed by atoms with E-state index in [1.165, 1.54) is 7.11 Å². The number of nitrogens with zero attached hydrogens (tertiary/aromatic N) is 1. The molecule has 2 rings (SSSR count). The second kappa shape index (κ2) is 4.97. The van der Waals surface area contributed by atoms with Crippen molar-refractivity contribution in [3.63, 3.8) is 0 Å². The first-order valence-corrected chi connectivity index (χ1v) is 7.61. The lowest BCUT2D eigenvalue weighted by Gasteiger charge is -2.39. The Hall–Kier alpha value is -1.10. The molecule has 1 heterocycles. The lowest BCUT2D eigenvalue weighted by atomic mass is 9.80. The van der Waals surface area contributed by atoms with Gasteiger partial charge in [-0.3, -0.25) is 9.59 Å². The van der Waals surface area contributed by atoms with Crippen LogP contribution in [0.25, 0.3) is 0 Å². The third kappa shape index (κ3) is 2.35. The van der Waals surface area contributed by atoms with E-state index in [1.807, 2.05) is 0 Å². The first-order chi connectivity index (χ1) is 9.60. The van der Waals surface area contributed by atoms with E-state index in [-0.39, 0.29) is 35.8 Å². The average molecular weight is 297 g/mol.